The summed E-state index contributed by atoms with van der Waals surface area (Å²) in [5.41, 5.74) is 2.12. The number of carbonyl (C=O) groups is 1. The van der Waals surface area contributed by atoms with Gasteiger partial charge in [-0.3, -0.25) is 10.1 Å². The monoisotopic (exact) mass is 278 g/mol. The molecule has 1 amide bonds. The van der Waals surface area contributed by atoms with Crippen molar-refractivity contribution in [1.29, 1.82) is 0 Å². The van der Waals surface area contributed by atoms with Crippen LogP contribution in [0.15, 0.2) is 6.33 Å². The van der Waals surface area contributed by atoms with E-state index in [2.05, 4.69) is 34.4 Å². The molecule has 1 aromatic heterocycles. The van der Waals surface area contributed by atoms with Gasteiger partial charge in [0.05, 0.1) is 23.8 Å². The lowest BCUT2D eigenvalue weighted by Gasteiger charge is -2.25. The number of aromatic nitrogens is 2. The van der Waals surface area contributed by atoms with Crippen LogP contribution in [0.1, 0.15) is 57.3 Å². The summed E-state index contributed by atoms with van der Waals surface area (Å²) in [7, 11) is 0. The number of aromatic amines is 1. The Morgan fingerprint density at radius 3 is 3.05 bits per heavy atom. The van der Waals surface area contributed by atoms with Crippen molar-refractivity contribution in [1.82, 2.24) is 20.6 Å². The SMILES string of the molecule is CCCCC(CCC)NC(=O)C1Cc2nc[nH]c2CN1. The number of unbranched alkanes of at least 4 members (excludes halogenated alkanes) is 1. The normalized spacial score (nSPS) is 19.4. The van der Waals surface area contributed by atoms with Gasteiger partial charge in [-0.1, -0.05) is 33.1 Å². The maximum Gasteiger partial charge on any atom is 0.237 e. The number of nitrogens with one attached hydrogen (secondary N) is 3. The highest BCUT2D eigenvalue weighted by Gasteiger charge is 2.26. The minimum atomic E-state index is -0.146. The molecule has 2 unspecified atom stereocenters. The van der Waals surface area contributed by atoms with Crippen molar-refractivity contribution >= 4 is 5.91 Å². The smallest absolute Gasteiger partial charge is 0.237 e. The number of imidazole rings is 1. The fourth-order valence-corrected chi connectivity index (χ4v) is 2.74. The van der Waals surface area contributed by atoms with Gasteiger partial charge in [-0.2, -0.15) is 0 Å². The molecule has 1 aromatic rings. The summed E-state index contributed by atoms with van der Waals surface area (Å²) < 4.78 is 0. The number of nitrogens with zero attached hydrogens (tertiary/aromatic N) is 1. The van der Waals surface area contributed by atoms with E-state index in [4.69, 9.17) is 0 Å². The Labute approximate surface area is 120 Å². The van der Waals surface area contributed by atoms with Gasteiger partial charge >= 0.3 is 0 Å². The number of H-pyrrole nitrogens is 1. The third-order valence-corrected chi connectivity index (χ3v) is 3.94. The van der Waals surface area contributed by atoms with E-state index in [0.29, 0.717) is 19.0 Å². The maximum absolute atomic E-state index is 12.4. The van der Waals surface area contributed by atoms with Gasteiger partial charge < -0.3 is 10.3 Å². The molecule has 112 valence electrons. The number of hydrogen-bond donors (Lipinski definition) is 3. The molecule has 5 heteroatoms. The van der Waals surface area contributed by atoms with Gasteiger partial charge in [0.1, 0.15) is 0 Å². The molecule has 0 aliphatic carbocycles. The summed E-state index contributed by atoms with van der Waals surface area (Å²) in [6, 6.07) is 0.168. The molecule has 1 aliphatic heterocycles. The quantitative estimate of drug-likeness (QED) is 0.713. The van der Waals surface area contributed by atoms with Crippen LogP contribution in [0, 0.1) is 0 Å². The second-order valence-corrected chi connectivity index (χ2v) is 5.60. The van der Waals surface area contributed by atoms with Crippen molar-refractivity contribution in [3.63, 3.8) is 0 Å². The number of hydrogen-bond acceptors (Lipinski definition) is 3. The largest absolute Gasteiger partial charge is 0.352 e. The van der Waals surface area contributed by atoms with Gasteiger partial charge in [0.25, 0.3) is 0 Å². The van der Waals surface area contributed by atoms with Gasteiger partial charge in [0, 0.05) is 19.0 Å². The predicted octanol–water partition coefficient (Wildman–Crippen LogP) is 1.90. The van der Waals surface area contributed by atoms with Crippen LogP contribution in [0.3, 0.4) is 0 Å². The molecule has 0 saturated carbocycles. The summed E-state index contributed by atoms with van der Waals surface area (Å²) in [6.07, 6.45) is 7.98. The van der Waals surface area contributed by atoms with Gasteiger partial charge in [-0.05, 0) is 12.8 Å². The molecule has 0 fully saturated rings. The molecular formula is C15H26N4O. The van der Waals surface area contributed by atoms with Crippen LogP contribution in [-0.4, -0.2) is 28.0 Å². The molecule has 1 aliphatic rings. The molecule has 2 rings (SSSR count). The lowest BCUT2D eigenvalue weighted by Crippen LogP contribution is -2.50. The summed E-state index contributed by atoms with van der Waals surface area (Å²) in [6.45, 7) is 5.05. The first-order valence-electron chi connectivity index (χ1n) is 7.79. The first-order valence-corrected chi connectivity index (χ1v) is 7.79. The van der Waals surface area contributed by atoms with Crippen molar-refractivity contribution in [3.05, 3.63) is 17.7 Å². The van der Waals surface area contributed by atoms with E-state index >= 15 is 0 Å². The standard InChI is InChI=1S/C15H26N4O/c1-3-5-7-11(6-4-2)19-15(20)13-8-12-14(9-16-13)18-10-17-12/h10-11,13,16H,3-9H2,1-2H3,(H,17,18)(H,19,20). The second kappa shape index (κ2) is 7.43. The van der Waals surface area contributed by atoms with E-state index < -0.39 is 0 Å². The van der Waals surface area contributed by atoms with Crippen molar-refractivity contribution in [2.75, 3.05) is 0 Å². The zero-order valence-corrected chi connectivity index (χ0v) is 12.5. The minimum absolute atomic E-state index is 0.119. The predicted molar refractivity (Wildman–Crippen MR) is 79.3 cm³/mol. The Morgan fingerprint density at radius 1 is 1.45 bits per heavy atom. The minimum Gasteiger partial charge on any atom is -0.352 e. The van der Waals surface area contributed by atoms with Crippen LogP contribution in [0.4, 0.5) is 0 Å². The molecule has 0 radical (unpaired) electrons. The fraction of sp³-hybridized carbons (Fsp3) is 0.733. The molecule has 0 saturated heterocycles. The molecule has 3 N–H and O–H groups in total. The van der Waals surface area contributed by atoms with E-state index in [0.717, 1.165) is 30.7 Å². The summed E-state index contributed by atoms with van der Waals surface area (Å²) in [5.74, 6) is 0.119. The molecule has 5 nitrogen and oxygen atoms in total. The van der Waals surface area contributed by atoms with Crippen LogP contribution < -0.4 is 10.6 Å². The Kier molecular flexibility index (Phi) is 5.59. The zero-order chi connectivity index (χ0) is 14.4. The molecule has 20 heavy (non-hydrogen) atoms. The highest BCUT2D eigenvalue weighted by Crippen LogP contribution is 2.13. The zero-order valence-electron chi connectivity index (χ0n) is 12.5. The topological polar surface area (TPSA) is 69.8 Å². The van der Waals surface area contributed by atoms with Crippen LogP contribution >= 0.6 is 0 Å². The highest BCUT2D eigenvalue weighted by atomic mass is 16.2. The van der Waals surface area contributed by atoms with Crippen LogP contribution in [0.25, 0.3) is 0 Å². The van der Waals surface area contributed by atoms with Crippen molar-refractivity contribution < 1.29 is 4.79 Å². The van der Waals surface area contributed by atoms with Crippen LogP contribution in [0.5, 0.6) is 0 Å². The molecule has 0 bridgehead atoms. The molecule has 2 atom stereocenters. The van der Waals surface area contributed by atoms with Gasteiger partial charge in [-0.15, -0.1) is 0 Å². The number of rotatable bonds is 7. The van der Waals surface area contributed by atoms with E-state index in [9.17, 15) is 4.79 Å². The summed E-state index contributed by atoms with van der Waals surface area (Å²) in [5, 5.41) is 6.49. The average Bonchev–Trinajstić information content (AvgIpc) is 2.92. The Morgan fingerprint density at radius 2 is 2.30 bits per heavy atom. The Bertz CT molecular complexity index is 429. The Balaban J connectivity index is 1.87. The Hall–Kier alpha value is -1.36. The maximum atomic E-state index is 12.4. The average molecular weight is 278 g/mol. The van der Waals surface area contributed by atoms with Crippen molar-refractivity contribution in [3.8, 4) is 0 Å². The van der Waals surface area contributed by atoms with Crippen LogP contribution in [0.2, 0.25) is 0 Å². The third kappa shape index (κ3) is 3.82. The first kappa shape index (κ1) is 15.0. The summed E-state index contributed by atoms with van der Waals surface area (Å²) >= 11 is 0. The second-order valence-electron chi connectivity index (χ2n) is 5.60. The van der Waals surface area contributed by atoms with Gasteiger partial charge in [0.2, 0.25) is 5.91 Å². The molecule has 0 spiro atoms. The number of carbonyl (C=O) groups excluding carboxylic acids is 1. The number of amides is 1. The van der Waals surface area contributed by atoms with Crippen molar-refractivity contribution in [2.45, 2.75) is 71.0 Å². The molecule has 0 aromatic carbocycles. The fourth-order valence-electron chi connectivity index (χ4n) is 2.74. The van der Waals surface area contributed by atoms with E-state index in [1.165, 1.54) is 12.8 Å². The van der Waals surface area contributed by atoms with Crippen LogP contribution in [-0.2, 0) is 17.8 Å². The van der Waals surface area contributed by atoms with Gasteiger partial charge in [-0.25, -0.2) is 4.98 Å². The van der Waals surface area contributed by atoms with Crippen molar-refractivity contribution in [2.24, 2.45) is 0 Å². The molecule has 2 heterocycles. The van der Waals surface area contributed by atoms with E-state index in [-0.39, 0.29) is 11.9 Å². The lowest BCUT2D eigenvalue weighted by molar-refractivity contribution is -0.124. The third-order valence-electron chi connectivity index (χ3n) is 3.94. The lowest BCUT2D eigenvalue weighted by atomic mass is 10.0. The van der Waals surface area contributed by atoms with E-state index in [1.54, 1.807) is 6.33 Å². The first-order chi connectivity index (χ1) is 9.74. The molecular weight excluding hydrogens is 252 g/mol. The van der Waals surface area contributed by atoms with Gasteiger partial charge in [0.15, 0.2) is 0 Å². The number of fused-ring (bicyclic) bond motifs is 1. The summed E-state index contributed by atoms with van der Waals surface area (Å²) in [4.78, 5) is 19.7. The highest BCUT2D eigenvalue weighted by molar-refractivity contribution is 5.82. The van der Waals surface area contributed by atoms with E-state index in [1.807, 2.05) is 0 Å².